The average molecular weight is 143 g/mol. The van der Waals surface area contributed by atoms with Crippen molar-refractivity contribution < 1.29 is 9.90 Å². The van der Waals surface area contributed by atoms with Crippen LogP contribution in [0, 0.1) is 0 Å². The molecular weight excluding hydrogens is 130 g/mol. The first-order chi connectivity index (χ1) is 4.57. The average Bonchev–Trinajstić information content (AvgIpc) is 1.81. The summed E-state index contributed by atoms with van der Waals surface area (Å²) in [5.74, 6) is -0.828. The van der Waals surface area contributed by atoms with Crippen LogP contribution < -0.4 is 5.32 Å². The Labute approximate surface area is 60.7 Å². The van der Waals surface area contributed by atoms with Gasteiger partial charge in [-0.2, -0.15) is 0 Å². The van der Waals surface area contributed by atoms with Crippen LogP contribution in [0.5, 0.6) is 0 Å². The Morgan fingerprint density at radius 1 is 1.80 bits per heavy atom. The molecular formula is C7H13NO2. The summed E-state index contributed by atoms with van der Waals surface area (Å²) in [4.78, 5) is 10.4. The number of aliphatic carboxylic acids is 1. The SMILES string of the molecule is C=C(C)NC(CC)C(=O)O. The topological polar surface area (TPSA) is 49.3 Å². The van der Waals surface area contributed by atoms with Crippen LogP contribution in [-0.4, -0.2) is 17.1 Å². The number of carboxylic acid groups (broad SMARTS) is 1. The van der Waals surface area contributed by atoms with E-state index in [4.69, 9.17) is 5.11 Å². The van der Waals surface area contributed by atoms with Gasteiger partial charge < -0.3 is 10.4 Å². The summed E-state index contributed by atoms with van der Waals surface area (Å²) in [5, 5.41) is 11.3. The Bertz CT molecular complexity index is 143. The van der Waals surface area contributed by atoms with E-state index in [1.165, 1.54) is 0 Å². The van der Waals surface area contributed by atoms with Gasteiger partial charge in [-0.3, -0.25) is 0 Å². The number of hydrogen-bond acceptors (Lipinski definition) is 2. The monoisotopic (exact) mass is 143 g/mol. The lowest BCUT2D eigenvalue weighted by molar-refractivity contribution is -0.139. The zero-order chi connectivity index (χ0) is 8.15. The van der Waals surface area contributed by atoms with Crippen LogP contribution >= 0.6 is 0 Å². The van der Waals surface area contributed by atoms with Gasteiger partial charge in [0, 0.05) is 5.70 Å². The number of nitrogens with one attached hydrogen (secondary N) is 1. The number of carboxylic acids is 1. The highest BCUT2D eigenvalue weighted by Gasteiger charge is 2.12. The molecule has 1 atom stereocenters. The van der Waals surface area contributed by atoms with Crippen LogP contribution in [-0.2, 0) is 4.79 Å². The molecule has 0 bridgehead atoms. The highest BCUT2D eigenvalue weighted by molar-refractivity contribution is 5.73. The molecule has 2 N–H and O–H groups in total. The quantitative estimate of drug-likeness (QED) is 0.616. The summed E-state index contributed by atoms with van der Waals surface area (Å²) in [6, 6.07) is -0.488. The molecule has 0 aliphatic heterocycles. The van der Waals surface area contributed by atoms with Gasteiger partial charge in [0.15, 0.2) is 0 Å². The number of rotatable bonds is 4. The van der Waals surface area contributed by atoms with Gasteiger partial charge in [0.25, 0.3) is 0 Å². The van der Waals surface area contributed by atoms with Crippen molar-refractivity contribution in [3.63, 3.8) is 0 Å². The van der Waals surface area contributed by atoms with Gasteiger partial charge in [-0.1, -0.05) is 13.5 Å². The molecule has 3 heteroatoms. The highest BCUT2D eigenvalue weighted by atomic mass is 16.4. The van der Waals surface area contributed by atoms with E-state index < -0.39 is 12.0 Å². The maximum atomic E-state index is 10.4. The first-order valence-corrected chi connectivity index (χ1v) is 3.22. The van der Waals surface area contributed by atoms with Gasteiger partial charge in [-0.05, 0) is 13.3 Å². The Kier molecular flexibility index (Phi) is 3.54. The molecule has 0 saturated heterocycles. The van der Waals surface area contributed by atoms with E-state index in [0.29, 0.717) is 12.1 Å². The van der Waals surface area contributed by atoms with Crippen molar-refractivity contribution in [1.82, 2.24) is 5.32 Å². The maximum Gasteiger partial charge on any atom is 0.326 e. The minimum absolute atomic E-state index is 0.488. The first kappa shape index (κ1) is 9.01. The summed E-state index contributed by atoms with van der Waals surface area (Å²) in [6.45, 7) is 7.11. The summed E-state index contributed by atoms with van der Waals surface area (Å²) in [7, 11) is 0. The Hall–Kier alpha value is -0.990. The molecule has 0 aromatic rings. The predicted octanol–water partition coefficient (Wildman–Crippen LogP) is 0.973. The largest absolute Gasteiger partial charge is 0.480 e. The van der Waals surface area contributed by atoms with Gasteiger partial charge in [0.05, 0.1) is 0 Å². The van der Waals surface area contributed by atoms with Crippen molar-refractivity contribution >= 4 is 5.97 Å². The third kappa shape index (κ3) is 3.12. The van der Waals surface area contributed by atoms with Gasteiger partial charge in [0.1, 0.15) is 6.04 Å². The van der Waals surface area contributed by atoms with Crippen molar-refractivity contribution in [2.75, 3.05) is 0 Å². The normalized spacial score (nSPS) is 12.2. The Morgan fingerprint density at radius 3 is 2.40 bits per heavy atom. The summed E-state index contributed by atoms with van der Waals surface area (Å²) >= 11 is 0. The van der Waals surface area contributed by atoms with Crippen LogP contribution in [0.15, 0.2) is 12.3 Å². The van der Waals surface area contributed by atoms with Gasteiger partial charge in [-0.15, -0.1) is 0 Å². The van der Waals surface area contributed by atoms with Crippen molar-refractivity contribution in [1.29, 1.82) is 0 Å². The Balaban J connectivity index is 3.83. The second kappa shape index (κ2) is 3.93. The van der Waals surface area contributed by atoms with Gasteiger partial charge >= 0.3 is 5.97 Å². The van der Waals surface area contributed by atoms with Crippen LogP contribution in [0.3, 0.4) is 0 Å². The minimum atomic E-state index is -0.828. The zero-order valence-electron chi connectivity index (χ0n) is 6.35. The zero-order valence-corrected chi connectivity index (χ0v) is 6.35. The smallest absolute Gasteiger partial charge is 0.326 e. The third-order valence-electron chi connectivity index (χ3n) is 1.13. The lowest BCUT2D eigenvalue weighted by atomic mass is 10.2. The van der Waals surface area contributed by atoms with Crippen molar-refractivity contribution in [3.8, 4) is 0 Å². The van der Waals surface area contributed by atoms with E-state index in [9.17, 15) is 4.79 Å². The summed E-state index contributed by atoms with van der Waals surface area (Å²) in [6.07, 6.45) is 0.572. The summed E-state index contributed by atoms with van der Waals surface area (Å²) < 4.78 is 0. The van der Waals surface area contributed by atoms with E-state index in [1.54, 1.807) is 6.92 Å². The van der Waals surface area contributed by atoms with E-state index >= 15 is 0 Å². The molecule has 0 aromatic carbocycles. The Morgan fingerprint density at radius 2 is 2.30 bits per heavy atom. The molecule has 10 heavy (non-hydrogen) atoms. The lowest BCUT2D eigenvalue weighted by Gasteiger charge is -2.12. The highest BCUT2D eigenvalue weighted by Crippen LogP contribution is 1.93. The molecule has 0 rings (SSSR count). The molecule has 0 fully saturated rings. The summed E-state index contributed by atoms with van der Waals surface area (Å²) in [5.41, 5.74) is 0.689. The van der Waals surface area contributed by atoms with E-state index in [0.717, 1.165) is 0 Å². The van der Waals surface area contributed by atoms with Crippen LogP contribution in [0.25, 0.3) is 0 Å². The fourth-order valence-electron chi connectivity index (χ4n) is 0.636. The fourth-order valence-corrected chi connectivity index (χ4v) is 0.636. The van der Waals surface area contributed by atoms with E-state index in [1.807, 2.05) is 6.92 Å². The second-order valence-electron chi connectivity index (χ2n) is 2.22. The van der Waals surface area contributed by atoms with Gasteiger partial charge in [0.2, 0.25) is 0 Å². The lowest BCUT2D eigenvalue weighted by Crippen LogP contribution is -2.34. The van der Waals surface area contributed by atoms with E-state index in [-0.39, 0.29) is 0 Å². The molecule has 0 saturated carbocycles. The first-order valence-electron chi connectivity index (χ1n) is 3.22. The number of hydrogen-bond donors (Lipinski definition) is 2. The molecule has 0 heterocycles. The molecule has 0 aromatic heterocycles. The van der Waals surface area contributed by atoms with Crippen LogP contribution in [0.4, 0.5) is 0 Å². The van der Waals surface area contributed by atoms with E-state index in [2.05, 4.69) is 11.9 Å². The molecule has 58 valence electrons. The standard InChI is InChI=1S/C7H13NO2/c1-4-6(7(9)10)8-5(2)3/h6,8H,2,4H2,1,3H3,(H,9,10). The second-order valence-corrected chi connectivity index (χ2v) is 2.22. The van der Waals surface area contributed by atoms with Crippen molar-refractivity contribution in [2.45, 2.75) is 26.3 Å². The molecule has 1 unspecified atom stereocenters. The predicted molar refractivity (Wildman–Crippen MR) is 39.7 cm³/mol. The number of carbonyl (C=O) groups is 1. The van der Waals surface area contributed by atoms with Crippen molar-refractivity contribution in [3.05, 3.63) is 12.3 Å². The van der Waals surface area contributed by atoms with Gasteiger partial charge in [-0.25, -0.2) is 4.79 Å². The molecule has 0 aliphatic rings. The molecule has 0 aliphatic carbocycles. The molecule has 0 spiro atoms. The van der Waals surface area contributed by atoms with Crippen molar-refractivity contribution in [2.24, 2.45) is 0 Å². The minimum Gasteiger partial charge on any atom is -0.480 e. The van der Waals surface area contributed by atoms with Crippen LogP contribution in [0.1, 0.15) is 20.3 Å². The fraction of sp³-hybridized carbons (Fsp3) is 0.571. The molecule has 3 nitrogen and oxygen atoms in total. The maximum absolute atomic E-state index is 10.4. The molecule has 0 amide bonds. The van der Waals surface area contributed by atoms with Crippen LogP contribution in [0.2, 0.25) is 0 Å². The number of allylic oxidation sites excluding steroid dienone is 1. The molecule has 0 radical (unpaired) electrons. The third-order valence-corrected chi connectivity index (χ3v) is 1.13.